The smallest absolute Gasteiger partial charge is 0.233 e. The fourth-order valence-electron chi connectivity index (χ4n) is 3.48. The van der Waals surface area contributed by atoms with Gasteiger partial charge in [0.2, 0.25) is 5.91 Å². The molecule has 1 aromatic carbocycles. The topological polar surface area (TPSA) is 85.2 Å². The van der Waals surface area contributed by atoms with E-state index in [2.05, 4.69) is 10.2 Å². The molecule has 0 radical (unpaired) electrons. The van der Waals surface area contributed by atoms with Gasteiger partial charge in [-0.2, -0.15) is 0 Å². The number of nitrogens with zero attached hydrogens (tertiary/aromatic N) is 4. The van der Waals surface area contributed by atoms with Crippen LogP contribution in [0.3, 0.4) is 0 Å². The molecule has 0 saturated carbocycles. The van der Waals surface area contributed by atoms with Gasteiger partial charge in [-0.25, -0.2) is 8.42 Å². The summed E-state index contributed by atoms with van der Waals surface area (Å²) in [5, 5.41) is 9.87. The second-order valence-corrected chi connectivity index (χ2v) is 10.6. The Balaban J connectivity index is 1.71. The van der Waals surface area contributed by atoms with Crippen LogP contribution >= 0.6 is 23.4 Å². The number of aromatic nitrogens is 3. The van der Waals surface area contributed by atoms with Crippen LogP contribution in [0.5, 0.6) is 0 Å². The molecule has 2 aromatic rings. The second kappa shape index (κ2) is 9.49. The molecule has 10 heteroatoms. The molecule has 0 N–H and O–H groups in total. The average Bonchev–Trinajstić information content (AvgIpc) is 3.27. The monoisotopic (exact) mass is 456 g/mol. The molecule has 1 amide bonds. The molecule has 1 aliphatic rings. The lowest BCUT2D eigenvalue weighted by molar-refractivity contribution is -0.130. The maximum atomic E-state index is 12.9. The Morgan fingerprint density at radius 3 is 2.59 bits per heavy atom. The number of hydrogen-bond donors (Lipinski definition) is 0. The van der Waals surface area contributed by atoms with Crippen molar-refractivity contribution in [3.05, 3.63) is 29.3 Å². The zero-order chi connectivity index (χ0) is 21.0. The van der Waals surface area contributed by atoms with Gasteiger partial charge in [0.15, 0.2) is 20.8 Å². The fourth-order valence-corrected chi connectivity index (χ4v) is 6.22. The SMILES string of the molecule is CCCN(C(=O)CSc1nnc(-c2ccc(Cl)cc2)n1CC)[C@@H]1CCS(=O)(=O)C1. The average molecular weight is 457 g/mol. The molecule has 1 aliphatic heterocycles. The molecule has 0 unspecified atom stereocenters. The lowest BCUT2D eigenvalue weighted by Crippen LogP contribution is -2.42. The van der Waals surface area contributed by atoms with Gasteiger partial charge in [0.05, 0.1) is 17.3 Å². The van der Waals surface area contributed by atoms with E-state index in [1.54, 1.807) is 17.0 Å². The number of sulfone groups is 1. The summed E-state index contributed by atoms with van der Waals surface area (Å²) in [4.78, 5) is 14.6. The van der Waals surface area contributed by atoms with Gasteiger partial charge < -0.3 is 9.47 Å². The van der Waals surface area contributed by atoms with Crippen LogP contribution in [0.25, 0.3) is 11.4 Å². The molecular formula is C19H25ClN4O3S2. The van der Waals surface area contributed by atoms with Crippen LogP contribution in [0.1, 0.15) is 26.7 Å². The second-order valence-electron chi connectivity index (χ2n) is 6.99. The van der Waals surface area contributed by atoms with E-state index < -0.39 is 9.84 Å². The number of rotatable bonds is 8. The first-order valence-corrected chi connectivity index (χ1v) is 12.8. The Morgan fingerprint density at radius 1 is 1.28 bits per heavy atom. The van der Waals surface area contributed by atoms with Crippen molar-refractivity contribution in [2.45, 2.75) is 44.4 Å². The minimum absolute atomic E-state index is 0.0577. The van der Waals surface area contributed by atoms with Crippen LogP contribution in [0.4, 0.5) is 0 Å². The number of benzene rings is 1. The van der Waals surface area contributed by atoms with E-state index in [-0.39, 0.29) is 29.2 Å². The van der Waals surface area contributed by atoms with Gasteiger partial charge in [0, 0.05) is 29.7 Å². The van der Waals surface area contributed by atoms with Crippen molar-refractivity contribution in [2.75, 3.05) is 23.8 Å². The Hall–Kier alpha value is -1.58. The van der Waals surface area contributed by atoms with E-state index in [1.807, 2.05) is 30.5 Å². The zero-order valence-corrected chi connectivity index (χ0v) is 18.9. The largest absolute Gasteiger partial charge is 0.338 e. The van der Waals surface area contributed by atoms with E-state index in [0.29, 0.717) is 29.7 Å². The number of hydrogen-bond acceptors (Lipinski definition) is 6. The van der Waals surface area contributed by atoms with Gasteiger partial charge >= 0.3 is 0 Å². The molecule has 1 atom stereocenters. The van der Waals surface area contributed by atoms with Crippen molar-refractivity contribution in [3.8, 4) is 11.4 Å². The molecule has 29 heavy (non-hydrogen) atoms. The molecule has 2 heterocycles. The number of amides is 1. The molecule has 7 nitrogen and oxygen atoms in total. The van der Waals surface area contributed by atoms with Crippen molar-refractivity contribution in [1.29, 1.82) is 0 Å². The first kappa shape index (κ1) is 22.1. The normalized spacial score (nSPS) is 18.1. The highest BCUT2D eigenvalue weighted by molar-refractivity contribution is 7.99. The Bertz CT molecular complexity index is 960. The number of carbonyl (C=O) groups excluding carboxylic acids is 1. The summed E-state index contributed by atoms with van der Waals surface area (Å²) in [5.74, 6) is 1.10. The minimum Gasteiger partial charge on any atom is -0.338 e. The Kier molecular flexibility index (Phi) is 7.23. The maximum absolute atomic E-state index is 12.9. The van der Waals surface area contributed by atoms with Crippen molar-refractivity contribution < 1.29 is 13.2 Å². The number of halogens is 1. The van der Waals surface area contributed by atoms with Crippen molar-refractivity contribution >= 4 is 39.1 Å². The molecule has 158 valence electrons. The molecule has 0 aliphatic carbocycles. The third kappa shape index (κ3) is 5.32. The highest BCUT2D eigenvalue weighted by Gasteiger charge is 2.34. The van der Waals surface area contributed by atoms with E-state index in [1.165, 1.54) is 11.8 Å². The minimum atomic E-state index is -3.04. The summed E-state index contributed by atoms with van der Waals surface area (Å²) in [6, 6.07) is 7.17. The highest BCUT2D eigenvalue weighted by atomic mass is 35.5. The van der Waals surface area contributed by atoms with E-state index >= 15 is 0 Å². The quantitative estimate of drug-likeness (QED) is 0.567. The van der Waals surface area contributed by atoms with E-state index in [9.17, 15) is 13.2 Å². The van der Waals surface area contributed by atoms with Gasteiger partial charge in [-0.1, -0.05) is 30.3 Å². The van der Waals surface area contributed by atoms with E-state index in [0.717, 1.165) is 17.8 Å². The van der Waals surface area contributed by atoms with Crippen LogP contribution in [0.2, 0.25) is 5.02 Å². The van der Waals surface area contributed by atoms with Crippen LogP contribution in [-0.4, -0.2) is 63.8 Å². The predicted octanol–water partition coefficient (Wildman–Crippen LogP) is 3.14. The van der Waals surface area contributed by atoms with Gasteiger partial charge in [0.25, 0.3) is 0 Å². The molecule has 1 fully saturated rings. The van der Waals surface area contributed by atoms with E-state index in [4.69, 9.17) is 11.6 Å². The molecule has 3 rings (SSSR count). The molecule has 1 saturated heterocycles. The standard InChI is InChI=1S/C19H25ClN4O3S2/c1-3-10-24(16-9-11-29(26,27)13-16)17(25)12-28-19-22-21-18(23(19)4-2)14-5-7-15(20)8-6-14/h5-8,16H,3-4,9-13H2,1-2H3/t16-/m1/s1. The van der Waals surface area contributed by atoms with Crippen LogP contribution in [0.15, 0.2) is 29.4 Å². The Labute approximate surface area is 180 Å². The van der Waals surface area contributed by atoms with Crippen molar-refractivity contribution in [1.82, 2.24) is 19.7 Å². The summed E-state index contributed by atoms with van der Waals surface area (Å²) in [6.45, 7) is 5.22. The van der Waals surface area contributed by atoms with Crippen LogP contribution in [-0.2, 0) is 21.2 Å². The van der Waals surface area contributed by atoms with Gasteiger partial charge in [0.1, 0.15) is 0 Å². The lowest BCUT2D eigenvalue weighted by Gasteiger charge is -2.27. The fraction of sp³-hybridized carbons (Fsp3) is 0.526. The van der Waals surface area contributed by atoms with Crippen molar-refractivity contribution in [2.24, 2.45) is 0 Å². The molecule has 1 aromatic heterocycles. The third-order valence-electron chi connectivity index (χ3n) is 4.89. The lowest BCUT2D eigenvalue weighted by atomic mass is 10.2. The summed E-state index contributed by atoms with van der Waals surface area (Å²) in [5.41, 5.74) is 0.908. The predicted molar refractivity (Wildman–Crippen MR) is 116 cm³/mol. The summed E-state index contributed by atoms with van der Waals surface area (Å²) >= 11 is 7.30. The van der Waals surface area contributed by atoms with Gasteiger partial charge in [-0.3, -0.25) is 4.79 Å². The Morgan fingerprint density at radius 2 is 2.00 bits per heavy atom. The summed E-state index contributed by atoms with van der Waals surface area (Å²) < 4.78 is 25.6. The van der Waals surface area contributed by atoms with Crippen molar-refractivity contribution in [3.63, 3.8) is 0 Å². The highest BCUT2D eigenvalue weighted by Crippen LogP contribution is 2.26. The summed E-state index contributed by atoms with van der Waals surface area (Å²) in [6.07, 6.45) is 1.31. The number of thioether (sulfide) groups is 1. The first-order chi connectivity index (χ1) is 13.8. The molecule has 0 spiro atoms. The molecular weight excluding hydrogens is 432 g/mol. The van der Waals surface area contributed by atoms with Crippen LogP contribution in [0, 0.1) is 0 Å². The van der Waals surface area contributed by atoms with Gasteiger partial charge in [-0.15, -0.1) is 10.2 Å². The maximum Gasteiger partial charge on any atom is 0.233 e. The van der Waals surface area contributed by atoms with Gasteiger partial charge in [-0.05, 0) is 44.0 Å². The summed E-state index contributed by atoms with van der Waals surface area (Å²) in [7, 11) is -3.04. The zero-order valence-electron chi connectivity index (χ0n) is 16.5. The van der Waals surface area contributed by atoms with Crippen LogP contribution < -0.4 is 0 Å². The molecule has 0 bridgehead atoms. The first-order valence-electron chi connectivity index (χ1n) is 9.66. The third-order valence-corrected chi connectivity index (χ3v) is 7.85. The number of carbonyl (C=O) groups is 1.